The molecule has 0 fully saturated rings. The van der Waals surface area contributed by atoms with Crippen LogP contribution in [0.25, 0.3) is 0 Å². The number of carbonyl (C=O) groups is 1. The Morgan fingerprint density at radius 2 is 1.76 bits per heavy atom. The summed E-state index contributed by atoms with van der Waals surface area (Å²) in [7, 11) is 0. The third kappa shape index (κ3) is 5.48. The summed E-state index contributed by atoms with van der Waals surface area (Å²) in [6.07, 6.45) is 0.660. The van der Waals surface area contributed by atoms with Crippen molar-refractivity contribution < 1.29 is 9.18 Å². The van der Waals surface area contributed by atoms with Gasteiger partial charge in [0.1, 0.15) is 5.82 Å². The number of hydrogen-bond donors (Lipinski definition) is 2. The van der Waals surface area contributed by atoms with E-state index in [4.69, 9.17) is 0 Å². The highest BCUT2D eigenvalue weighted by Gasteiger charge is 2.07. The average molecular weight is 343 g/mol. The first-order chi connectivity index (χ1) is 12.0. The summed E-state index contributed by atoms with van der Waals surface area (Å²) in [6.45, 7) is 8.63. The Balaban J connectivity index is 1.86. The molecule has 0 aromatic heterocycles. The molecule has 5 heteroatoms. The van der Waals surface area contributed by atoms with Crippen LogP contribution in [0.1, 0.15) is 25.0 Å². The highest BCUT2D eigenvalue weighted by molar-refractivity contribution is 5.90. The van der Waals surface area contributed by atoms with Crippen LogP contribution in [0, 0.1) is 12.7 Å². The lowest BCUT2D eigenvalue weighted by molar-refractivity contribution is 0.252. The maximum atomic E-state index is 12.9. The Hall–Kier alpha value is -2.56. The second kappa shape index (κ2) is 9.06. The van der Waals surface area contributed by atoms with Crippen molar-refractivity contribution in [2.24, 2.45) is 0 Å². The molecule has 0 heterocycles. The van der Waals surface area contributed by atoms with Gasteiger partial charge in [-0.05, 0) is 68.7 Å². The van der Waals surface area contributed by atoms with Crippen LogP contribution >= 0.6 is 0 Å². The zero-order valence-corrected chi connectivity index (χ0v) is 15.1. The molecule has 2 rings (SSSR count). The molecule has 2 aromatic carbocycles. The van der Waals surface area contributed by atoms with Crippen LogP contribution in [0.15, 0.2) is 42.5 Å². The normalized spacial score (nSPS) is 10.4. The molecule has 0 aliphatic rings. The largest absolute Gasteiger partial charge is 0.372 e. The Morgan fingerprint density at radius 3 is 2.36 bits per heavy atom. The zero-order valence-electron chi connectivity index (χ0n) is 15.1. The molecule has 0 atom stereocenters. The molecule has 4 nitrogen and oxygen atoms in total. The topological polar surface area (TPSA) is 44.4 Å². The Kier molecular flexibility index (Phi) is 6.81. The number of nitrogens with one attached hydrogen (secondary N) is 2. The SMILES string of the molecule is CCN(CC)c1ccc(NC(=O)NCCc2ccc(F)cc2)c(C)c1. The van der Waals surface area contributed by atoms with Crippen molar-refractivity contribution >= 4 is 17.4 Å². The number of urea groups is 1. The quantitative estimate of drug-likeness (QED) is 0.785. The van der Waals surface area contributed by atoms with Crippen molar-refractivity contribution in [3.05, 3.63) is 59.4 Å². The number of aryl methyl sites for hydroxylation is 1. The summed E-state index contributed by atoms with van der Waals surface area (Å²) < 4.78 is 12.9. The van der Waals surface area contributed by atoms with Crippen molar-refractivity contribution in [1.82, 2.24) is 5.32 Å². The van der Waals surface area contributed by atoms with Gasteiger partial charge in [-0.2, -0.15) is 0 Å². The van der Waals surface area contributed by atoms with Gasteiger partial charge >= 0.3 is 6.03 Å². The van der Waals surface area contributed by atoms with Gasteiger partial charge in [0.25, 0.3) is 0 Å². The lowest BCUT2D eigenvalue weighted by Crippen LogP contribution is -2.30. The van der Waals surface area contributed by atoms with E-state index in [0.29, 0.717) is 13.0 Å². The minimum absolute atomic E-state index is 0.235. The molecular formula is C20H26FN3O. The molecule has 2 amide bonds. The fourth-order valence-electron chi connectivity index (χ4n) is 2.71. The lowest BCUT2D eigenvalue weighted by Gasteiger charge is -2.22. The van der Waals surface area contributed by atoms with Crippen LogP contribution < -0.4 is 15.5 Å². The third-order valence-electron chi connectivity index (χ3n) is 4.20. The molecule has 0 spiro atoms. The molecule has 0 aliphatic heterocycles. The molecular weight excluding hydrogens is 317 g/mol. The third-order valence-corrected chi connectivity index (χ3v) is 4.20. The van der Waals surface area contributed by atoms with Gasteiger partial charge in [0.2, 0.25) is 0 Å². The standard InChI is InChI=1S/C20H26FN3O/c1-4-24(5-2)18-10-11-19(15(3)14-18)23-20(25)22-13-12-16-6-8-17(21)9-7-16/h6-11,14H,4-5,12-13H2,1-3H3,(H2,22,23,25). The maximum Gasteiger partial charge on any atom is 0.319 e. The molecule has 25 heavy (non-hydrogen) atoms. The Morgan fingerprint density at radius 1 is 1.08 bits per heavy atom. The second-order valence-corrected chi connectivity index (χ2v) is 5.93. The second-order valence-electron chi connectivity index (χ2n) is 5.93. The van der Waals surface area contributed by atoms with Gasteiger partial charge in [-0.15, -0.1) is 0 Å². The molecule has 134 valence electrons. The van der Waals surface area contributed by atoms with Crippen LogP contribution in [0.2, 0.25) is 0 Å². The minimum Gasteiger partial charge on any atom is -0.372 e. The summed E-state index contributed by atoms with van der Waals surface area (Å²) in [6, 6.07) is 12.1. The first-order valence-electron chi connectivity index (χ1n) is 8.68. The van der Waals surface area contributed by atoms with E-state index in [0.717, 1.165) is 35.6 Å². The predicted octanol–water partition coefficient (Wildman–Crippen LogP) is 4.34. The summed E-state index contributed by atoms with van der Waals surface area (Å²) in [4.78, 5) is 14.3. The number of anilines is 2. The van der Waals surface area contributed by atoms with E-state index in [9.17, 15) is 9.18 Å². The van der Waals surface area contributed by atoms with Gasteiger partial charge < -0.3 is 15.5 Å². The van der Waals surface area contributed by atoms with E-state index in [1.54, 1.807) is 12.1 Å². The van der Waals surface area contributed by atoms with E-state index in [1.807, 2.05) is 19.1 Å². The van der Waals surface area contributed by atoms with Crippen LogP contribution in [-0.4, -0.2) is 25.7 Å². The molecule has 0 saturated carbocycles. The summed E-state index contributed by atoms with van der Waals surface area (Å²) in [5, 5.41) is 5.71. The van der Waals surface area contributed by atoms with Gasteiger partial charge in [-0.25, -0.2) is 9.18 Å². The molecule has 0 aliphatic carbocycles. The van der Waals surface area contributed by atoms with Gasteiger partial charge in [-0.1, -0.05) is 12.1 Å². The predicted molar refractivity (Wildman–Crippen MR) is 102 cm³/mol. The lowest BCUT2D eigenvalue weighted by atomic mass is 10.1. The number of nitrogens with zero attached hydrogens (tertiary/aromatic N) is 1. The van der Waals surface area contributed by atoms with Crippen LogP contribution in [0.4, 0.5) is 20.6 Å². The van der Waals surface area contributed by atoms with Crippen LogP contribution in [0.3, 0.4) is 0 Å². The number of hydrogen-bond acceptors (Lipinski definition) is 2. The number of rotatable bonds is 7. The van der Waals surface area contributed by atoms with Crippen LogP contribution in [0.5, 0.6) is 0 Å². The van der Waals surface area contributed by atoms with E-state index >= 15 is 0 Å². The summed E-state index contributed by atoms with van der Waals surface area (Å²) in [5.74, 6) is -0.252. The van der Waals surface area contributed by atoms with Crippen LogP contribution in [-0.2, 0) is 6.42 Å². The number of benzene rings is 2. The summed E-state index contributed by atoms with van der Waals surface area (Å²) >= 11 is 0. The van der Waals surface area contributed by atoms with Crippen molar-refractivity contribution in [3.8, 4) is 0 Å². The molecule has 0 bridgehead atoms. The maximum absolute atomic E-state index is 12.9. The van der Waals surface area contributed by atoms with Crippen molar-refractivity contribution in [2.75, 3.05) is 29.9 Å². The van der Waals surface area contributed by atoms with Crippen molar-refractivity contribution in [3.63, 3.8) is 0 Å². The summed E-state index contributed by atoms with van der Waals surface area (Å²) in [5.41, 5.74) is 3.97. The molecule has 2 aromatic rings. The van der Waals surface area contributed by atoms with E-state index in [1.165, 1.54) is 12.1 Å². The average Bonchev–Trinajstić information content (AvgIpc) is 2.60. The Labute approximate surface area is 149 Å². The highest BCUT2D eigenvalue weighted by Crippen LogP contribution is 2.22. The first kappa shape index (κ1) is 18.8. The molecule has 0 saturated heterocycles. The number of carbonyl (C=O) groups excluding carboxylic acids is 1. The van der Waals surface area contributed by atoms with E-state index < -0.39 is 0 Å². The minimum atomic E-state index is -0.252. The smallest absolute Gasteiger partial charge is 0.319 e. The highest BCUT2D eigenvalue weighted by atomic mass is 19.1. The molecule has 0 radical (unpaired) electrons. The molecule has 2 N–H and O–H groups in total. The van der Waals surface area contributed by atoms with Gasteiger partial charge in [0.15, 0.2) is 0 Å². The van der Waals surface area contributed by atoms with Gasteiger partial charge in [0.05, 0.1) is 0 Å². The molecule has 0 unspecified atom stereocenters. The number of halogens is 1. The van der Waals surface area contributed by atoms with E-state index in [2.05, 4.69) is 35.4 Å². The Bertz CT molecular complexity index is 697. The van der Waals surface area contributed by atoms with Gasteiger partial charge in [0, 0.05) is 31.0 Å². The fourth-order valence-corrected chi connectivity index (χ4v) is 2.71. The first-order valence-corrected chi connectivity index (χ1v) is 8.68. The zero-order chi connectivity index (χ0) is 18.2. The number of amides is 2. The van der Waals surface area contributed by atoms with Gasteiger partial charge in [-0.3, -0.25) is 0 Å². The van der Waals surface area contributed by atoms with E-state index in [-0.39, 0.29) is 11.8 Å². The monoisotopic (exact) mass is 343 g/mol. The van der Waals surface area contributed by atoms with Crippen molar-refractivity contribution in [1.29, 1.82) is 0 Å². The fraction of sp³-hybridized carbons (Fsp3) is 0.350. The van der Waals surface area contributed by atoms with Crippen molar-refractivity contribution in [2.45, 2.75) is 27.2 Å².